The summed E-state index contributed by atoms with van der Waals surface area (Å²) in [6, 6.07) is 10.6. The Morgan fingerprint density at radius 3 is 2.56 bits per heavy atom. The Labute approximate surface area is 150 Å². The number of carbonyl (C=O) groups is 1. The molecule has 0 bridgehead atoms. The van der Waals surface area contributed by atoms with Crippen LogP contribution in [0.3, 0.4) is 0 Å². The standard InChI is InChI=1S/C18H17F2N3O.ClH/c19-13-4-7-15(16(20)11-13)17(24)8-3-12-1-5-14(6-2-12)23-18-21-9-10-22-18;/h1-2,4-7,11H,3,8-10H2,(H2,21,22,23);1H. The lowest BCUT2D eigenvalue weighted by molar-refractivity contribution is 0.0979. The zero-order chi connectivity index (χ0) is 16.9. The minimum Gasteiger partial charge on any atom is -0.354 e. The van der Waals surface area contributed by atoms with Gasteiger partial charge in [-0.2, -0.15) is 0 Å². The normalized spacial score (nSPS) is 12.8. The van der Waals surface area contributed by atoms with Crippen LogP contribution in [0.25, 0.3) is 0 Å². The first-order valence-electron chi connectivity index (χ1n) is 7.74. The minimum absolute atomic E-state index is 0. The van der Waals surface area contributed by atoms with E-state index in [1.165, 1.54) is 6.07 Å². The van der Waals surface area contributed by atoms with Gasteiger partial charge in [-0.15, -0.1) is 12.4 Å². The Balaban J connectivity index is 0.00000225. The fraction of sp³-hybridized carbons (Fsp3) is 0.222. The molecule has 1 aliphatic heterocycles. The number of ketones is 1. The number of rotatable bonds is 5. The van der Waals surface area contributed by atoms with Gasteiger partial charge in [-0.05, 0) is 36.2 Å². The minimum atomic E-state index is -0.815. The monoisotopic (exact) mass is 365 g/mol. The third kappa shape index (κ3) is 5.00. The van der Waals surface area contributed by atoms with Crippen LogP contribution in [0, 0.1) is 11.6 Å². The van der Waals surface area contributed by atoms with Gasteiger partial charge in [-0.25, -0.2) is 8.78 Å². The summed E-state index contributed by atoms with van der Waals surface area (Å²) in [5, 5.41) is 6.28. The second-order valence-corrected chi connectivity index (χ2v) is 5.53. The van der Waals surface area contributed by atoms with Crippen molar-refractivity contribution in [2.45, 2.75) is 12.8 Å². The van der Waals surface area contributed by atoms with Crippen LogP contribution in [0.2, 0.25) is 0 Å². The van der Waals surface area contributed by atoms with Gasteiger partial charge in [0.25, 0.3) is 0 Å². The number of hydrogen-bond donors (Lipinski definition) is 2. The predicted molar refractivity (Wildman–Crippen MR) is 96.6 cm³/mol. The molecule has 0 fully saturated rings. The summed E-state index contributed by atoms with van der Waals surface area (Å²) in [7, 11) is 0. The molecule has 0 radical (unpaired) electrons. The summed E-state index contributed by atoms with van der Waals surface area (Å²) in [5.74, 6) is -1.08. The van der Waals surface area contributed by atoms with E-state index in [1.54, 1.807) is 0 Å². The fourth-order valence-electron chi connectivity index (χ4n) is 2.48. The maximum atomic E-state index is 13.6. The van der Waals surface area contributed by atoms with Crippen molar-refractivity contribution in [3.63, 3.8) is 0 Å². The number of guanidine groups is 1. The maximum absolute atomic E-state index is 13.6. The molecule has 2 aromatic carbocycles. The molecule has 0 saturated carbocycles. The second kappa shape index (κ2) is 8.58. The number of nitrogens with one attached hydrogen (secondary N) is 2. The molecule has 3 rings (SSSR count). The van der Waals surface area contributed by atoms with Crippen LogP contribution in [-0.4, -0.2) is 24.8 Å². The van der Waals surface area contributed by atoms with Crippen molar-refractivity contribution in [1.29, 1.82) is 0 Å². The SMILES string of the molecule is Cl.O=C(CCc1ccc(NC2=NCCN2)cc1)c1ccc(F)cc1F. The number of carbonyl (C=O) groups excluding carboxylic acids is 1. The van der Waals surface area contributed by atoms with E-state index in [1.807, 2.05) is 24.3 Å². The first-order valence-corrected chi connectivity index (χ1v) is 7.74. The molecule has 0 aliphatic carbocycles. The summed E-state index contributed by atoms with van der Waals surface area (Å²) in [5.41, 5.74) is 1.81. The van der Waals surface area contributed by atoms with Crippen molar-refractivity contribution >= 4 is 29.8 Å². The van der Waals surface area contributed by atoms with Crippen LogP contribution in [0.1, 0.15) is 22.3 Å². The maximum Gasteiger partial charge on any atom is 0.195 e. The quantitative estimate of drug-likeness (QED) is 0.796. The first-order chi connectivity index (χ1) is 11.6. The molecule has 132 valence electrons. The van der Waals surface area contributed by atoms with Crippen LogP contribution in [-0.2, 0) is 6.42 Å². The van der Waals surface area contributed by atoms with Gasteiger partial charge >= 0.3 is 0 Å². The molecule has 1 heterocycles. The van der Waals surface area contributed by atoms with Crippen molar-refractivity contribution in [2.75, 3.05) is 18.4 Å². The number of Topliss-reactive ketones (excluding diaryl/α,β-unsaturated/α-hetero) is 1. The van der Waals surface area contributed by atoms with E-state index in [0.29, 0.717) is 6.42 Å². The molecule has 7 heteroatoms. The topological polar surface area (TPSA) is 53.5 Å². The van der Waals surface area contributed by atoms with Crippen molar-refractivity contribution in [3.8, 4) is 0 Å². The van der Waals surface area contributed by atoms with Gasteiger partial charge in [0.1, 0.15) is 11.6 Å². The summed E-state index contributed by atoms with van der Waals surface area (Å²) >= 11 is 0. The molecule has 4 nitrogen and oxygen atoms in total. The van der Waals surface area contributed by atoms with Crippen molar-refractivity contribution in [3.05, 3.63) is 65.2 Å². The molecule has 0 amide bonds. The molecule has 2 N–H and O–H groups in total. The summed E-state index contributed by atoms with van der Waals surface area (Å²) in [6.07, 6.45) is 0.665. The highest BCUT2D eigenvalue weighted by atomic mass is 35.5. The van der Waals surface area contributed by atoms with Crippen LogP contribution in [0.4, 0.5) is 14.5 Å². The Morgan fingerprint density at radius 2 is 1.92 bits per heavy atom. The van der Waals surface area contributed by atoms with E-state index in [-0.39, 0.29) is 30.2 Å². The molecular formula is C18H18ClF2N3O. The van der Waals surface area contributed by atoms with Crippen LogP contribution >= 0.6 is 12.4 Å². The summed E-state index contributed by atoms with van der Waals surface area (Å²) in [6.45, 7) is 1.60. The Bertz CT molecular complexity index is 778. The van der Waals surface area contributed by atoms with Gasteiger partial charge < -0.3 is 10.6 Å². The average molecular weight is 366 g/mol. The third-order valence-electron chi connectivity index (χ3n) is 3.76. The Hall–Kier alpha value is -2.47. The molecule has 0 atom stereocenters. The van der Waals surface area contributed by atoms with Gasteiger partial charge in [0.15, 0.2) is 11.7 Å². The fourth-order valence-corrected chi connectivity index (χ4v) is 2.48. The van der Waals surface area contributed by atoms with E-state index in [2.05, 4.69) is 15.6 Å². The van der Waals surface area contributed by atoms with Gasteiger partial charge in [-0.3, -0.25) is 9.79 Å². The highest BCUT2D eigenvalue weighted by Gasteiger charge is 2.12. The number of nitrogens with zero attached hydrogens (tertiary/aromatic N) is 1. The number of hydrogen-bond acceptors (Lipinski definition) is 4. The first kappa shape index (κ1) is 18.9. The van der Waals surface area contributed by atoms with Crippen molar-refractivity contribution in [1.82, 2.24) is 5.32 Å². The number of halogens is 3. The molecular weight excluding hydrogens is 348 g/mol. The Morgan fingerprint density at radius 1 is 1.16 bits per heavy atom. The van der Waals surface area contributed by atoms with E-state index in [9.17, 15) is 13.6 Å². The van der Waals surface area contributed by atoms with Crippen LogP contribution < -0.4 is 10.6 Å². The average Bonchev–Trinajstić information content (AvgIpc) is 3.07. The van der Waals surface area contributed by atoms with E-state index >= 15 is 0 Å². The highest BCUT2D eigenvalue weighted by Crippen LogP contribution is 2.15. The highest BCUT2D eigenvalue weighted by molar-refractivity contribution is 5.96. The number of aryl methyl sites for hydroxylation is 1. The smallest absolute Gasteiger partial charge is 0.195 e. The third-order valence-corrected chi connectivity index (χ3v) is 3.76. The molecule has 0 saturated heterocycles. The van der Waals surface area contributed by atoms with E-state index in [4.69, 9.17) is 0 Å². The summed E-state index contributed by atoms with van der Waals surface area (Å²) in [4.78, 5) is 16.3. The van der Waals surface area contributed by atoms with Crippen LogP contribution in [0.5, 0.6) is 0 Å². The molecule has 0 aromatic heterocycles. The lowest BCUT2D eigenvalue weighted by Crippen LogP contribution is -2.26. The van der Waals surface area contributed by atoms with Crippen molar-refractivity contribution < 1.29 is 13.6 Å². The molecule has 1 aliphatic rings. The van der Waals surface area contributed by atoms with Gasteiger partial charge in [-0.1, -0.05) is 12.1 Å². The lowest BCUT2D eigenvalue weighted by Gasteiger charge is -2.08. The van der Waals surface area contributed by atoms with Crippen molar-refractivity contribution in [2.24, 2.45) is 4.99 Å². The van der Waals surface area contributed by atoms with Gasteiger partial charge in [0.05, 0.1) is 12.1 Å². The molecule has 0 spiro atoms. The second-order valence-electron chi connectivity index (χ2n) is 5.53. The lowest BCUT2D eigenvalue weighted by atomic mass is 10.0. The van der Waals surface area contributed by atoms with Crippen LogP contribution in [0.15, 0.2) is 47.5 Å². The van der Waals surface area contributed by atoms with Gasteiger partial charge in [0, 0.05) is 24.7 Å². The zero-order valence-corrected chi connectivity index (χ0v) is 14.2. The number of benzene rings is 2. The number of aliphatic imine (C=N–C) groups is 1. The van der Waals surface area contributed by atoms with Gasteiger partial charge in [0.2, 0.25) is 0 Å². The van der Waals surface area contributed by atoms with E-state index < -0.39 is 11.6 Å². The largest absolute Gasteiger partial charge is 0.354 e. The molecule has 2 aromatic rings. The summed E-state index contributed by atoms with van der Waals surface area (Å²) < 4.78 is 26.5. The Kier molecular flexibility index (Phi) is 6.47. The number of anilines is 1. The predicted octanol–water partition coefficient (Wildman–Crippen LogP) is 3.57. The zero-order valence-electron chi connectivity index (χ0n) is 13.4. The van der Waals surface area contributed by atoms with E-state index in [0.717, 1.165) is 42.4 Å². The molecule has 25 heavy (non-hydrogen) atoms. The molecule has 0 unspecified atom stereocenters.